The van der Waals surface area contributed by atoms with Gasteiger partial charge in [-0.1, -0.05) is 13.0 Å². The fraction of sp³-hybridized carbons (Fsp3) is 0.538. The Labute approximate surface area is 137 Å². The van der Waals surface area contributed by atoms with Crippen molar-refractivity contribution in [1.29, 1.82) is 0 Å². The quantitative estimate of drug-likeness (QED) is 0.303. The van der Waals surface area contributed by atoms with Gasteiger partial charge >= 0.3 is 0 Å². The average molecular weight is 394 g/mol. The summed E-state index contributed by atoms with van der Waals surface area (Å²) in [6.45, 7) is 4.37. The Kier molecular flexibility index (Phi) is 11.1. The van der Waals surface area contributed by atoms with Crippen LogP contribution in [0.4, 0.5) is 0 Å². The molecule has 0 atom stereocenters. The van der Waals surface area contributed by atoms with Crippen molar-refractivity contribution < 1.29 is 9.47 Å². The van der Waals surface area contributed by atoms with Crippen LogP contribution >= 0.6 is 24.0 Å². The van der Waals surface area contributed by atoms with Crippen molar-refractivity contribution in [3.05, 3.63) is 23.9 Å². The minimum absolute atomic E-state index is 0. The number of nitrogens with zero attached hydrogens (tertiary/aromatic N) is 2. The topological polar surface area (TPSA) is 81.8 Å². The highest BCUT2D eigenvalue weighted by molar-refractivity contribution is 14.0. The van der Waals surface area contributed by atoms with Gasteiger partial charge in [-0.2, -0.15) is 0 Å². The molecule has 0 aliphatic heterocycles. The highest BCUT2D eigenvalue weighted by Crippen LogP contribution is 2.15. The molecule has 1 rings (SSSR count). The zero-order valence-electron chi connectivity index (χ0n) is 12.0. The molecule has 0 radical (unpaired) electrons. The lowest BCUT2D eigenvalue weighted by molar-refractivity contribution is 0.204. The SMILES string of the molecule is CCCOc1ncccc1CN=C(N)NCCOC.I. The van der Waals surface area contributed by atoms with Gasteiger partial charge in [0.25, 0.3) is 0 Å². The first-order valence-corrected chi connectivity index (χ1v) is 6.37. The third kappa shape index (κ3) is 7.49. The Morgan fingerprint density at radius 3 is 2.95 bits per heavy atom. The standard InChI is InChI=1S/C13H22N4O2.HI/c1-3-8-19-12-11(5-4-6-15-12)10-17-13(14)16-7-9-18-2;/h4-6H,3,7-10H2,1-2H3,(H3,14,16,17);1H. The summed E-state index contributed by atoms with van der Waals surface area (Å²) in [5.74, 6) is 1.01. The zero-order valence-corrected chi connectivity index (χ0v) is 14.3. The van der Waals surface area contributed by atoms with Crippen molar-refractivity contribution in [1.82, 2.24) is 10.3 Å². The van der Waals surface area contributed by atoms with Gasteiger partial charge in [-0.05, 0) is 12.5 Å². The summed E-state index contributed by atoms with van der Waals surface area (Å²) in [7, 11) is 1.64. The van der Waals surface area contributed by atoms with Crippen LogP contribution in [0.5, 0.6) is 5.88 Å². The number of methoxy groups -OCH3 is 1. The molecule has 6 nitrogen and oxygen atoms in total. The molecule has 0 amide bonds. The predicted octanol–water partition coefficient (Wildman–Crippen LogP) is 1.54. The first kappa shape index (κ1) is 18.9. The molecule has 0 aromatic carbocycles. The zero-order chi connectivity index (χ0) is 13.9. The molecule has 3 N–H and O–H groups in total. The van der Waals surface area contributed by atoms with Gasteiger partial charge in [-0.3, -0.25) is 0 Å². The number of ether oxygens (including phenoxy) is 2. The van der Waals surface area contributed by atoms with Gasteiger partial charge in [0.2, 0.25) is 5.88 Å². The third-order valence-electron chi connectivity index (χ3n) is 2.32. The maximum atomic E-state index is 5.73. The van der Waals surface area contributed by atoms with Gasteiger partial charge in [0.05, 0.1) is 19.8 Å². The van der Waals surface area contributed by atoms with E-state index in [1.165, 1.54) is 0 Å². The molecule has 1 aromatic heterocycles. The molecule has 20 heavy (non-hydrogen) atoms. The number of nitrogens with one attached hydrogen (secondary N) is 1. The van der Waals surface area contributed by atoms with Crippen molar-refractivity contribution in [2.45, 2.75) is 19.9 Å². The number of pyridine rings is 1. The molecule has 7 heteroatoms. The fourth-order valence-corrected chi connectivity index (χ4v) is 1.38. The number of hydrogen-bond donors (Lipinski definition) is 2. The highest BCUT2D eigenvalue weighted by Gasteiger charge is 2.03. The first-order valence-electron chi connectivity index (χ1n) is 6.37. The summed E-state index contributed by atoms with van der Waals surface area (Å²) >= 11 is 0. The van der Waals surface area contributed by atoms with Crippen molar-refractivity contribution in [2.75, 3.05) is 26.9 Å². The van der Waals surface area contributed by atoms with Gasteiger partial charge in [-0.25, -0.2) is 9.98 Å². The monoisotopic (exact) mass is 394 g/mol. The summed E-state index contributed by atoms with van der Waals surface area (Å²) in [6.07, 6.45) is 2.65. The van der Waals surface area contributed by atoms with E-state index in [2.05, 4.69) is 22.2 Å². The minimum Gasteiger partial charge on any atom is -0.477 e. The maximum absolute atomic E-state index is 5.73. The fourth-order valence-electron chi connectivity index (χ4n) is 1.38. The summed E-state index contributed by atoms with van der Waals surface area (Å²) < 4.78 is 10.5. The van der Waals surface area contributed by atoms with E-state index in [9.17, 15) is 0 Å². The van der Waals surface area contributed by atoms with Crippen LogP contribution < -0.4 is 15.8 Å². The number of halogens is 1. The number of aromatic nitrogens is 1. The van der Waals surface area contributed by atoms with Gasteiger partial charge in [0, 0.05) is 25.4 Å². The summed E-state index contributed by atoms with van der Waals surface area (Å²) in [6, 6.07) is 3.79. The van der Waals surface area contributed by atoms with Gasteiger partial charge in [0.15, 0.2) is 5.96 Å². The molecule has 1 heterocycles. The Morgan fingerprint density at radius 2 is 2.25 bits per heavy atom. The second-order valence-electron chi connectivity index (χ2n) is 3.94. The van der Waals surface area contributed by atoms with E-state index >= 15 is 0 Å². The summed E-state index contributed by atoms with van der Waals surface area (Å²) in [5.41, 5.74) is 6.66. The van der Waals surface area contributed by atoms with E-state index in [-0.39, 0.29) is 24.0 Å². The van der Waals surface area contributed by atoms with Crippen LogP contribution in [0.15, 0.2) is 23.3 Å². The Morgan fingerprint density at radius 1 is 1.45 bits per heavy atom. The summed E-state index contributed by atoms with van der Waals surface area (Å²) in [4.78, 5) is 8.44. The van der Waals surface area contributed by atoms with Crippen LogP contribution in [0.3, 0.4) is 0 Å². The smallest absolute Gasteiger partial charge is 0.218 e. The van der Waals surface area contributed by atoms with Gasteiger partial charge in [0.1, 0.15) is 0 Å². The second-order valence-corrected chi connectivity index (χ2v) is 3.94. The molecule has 114 valence electrons. The number of aliphatic imine (C=N–C) groups is 1. The summed E-state index contributed by atoms with van der Waals surface area (Å²) in [5, 5.41) is 2.96. The van der Waals surface area contributed by atoms with Crippen molar-refractivity contribution in [3.63, 3.8) is 0 Å². The lowest BCUT2D eigenvalue weighted by Crippen LogP contribution is -2.34. The maximum Gasteiger partial charge on any atom is 0.218 e. The predicted molar refractivity (Wildman–Crippen MR) is 90.6 cm³/mol. The second kappa shape index (κ2) is 11.7. The molecule has 0 unspecified atom stereocenters. The molecule has 0 spiro atoms. The Hall–Kier alpha value is -1.09. The number of guanidine groups is 1. The number of nitrogens with two attached hydrogens (primary N) is 1. The van der Waals surface area contributed by atoms with E-state index in [4.69, 9.17) is 15.2 Å². The number of hydrogen-bond acceptors (Lipinski definition) is 4. The normalized spacial score (nSPS) is 10.8. The molecule has 1 aromatic rings. The van der Waals surface area contributed by atoms with Crippen molar-refractivity contribution >= 4 is 29.9 Å². The van der Waals surface area contributed by atoms with E-state index in [0.29, 0.717) is 38.1 Å². The van der Waals surface area contributed by atoms with E-state index in [0.717, 1.165) is 12.0 Å². The molecular weight excluding hydrogens is 371 g/mol. The molecule has 0 aliphatic carbocycles. The van der Waals surface area contributed by atoms with Crippen molar-refractivity contribution in [2.24, 2.45) is 10.7 Å². The Balaban J connectivity index is 0.00000361. The molecule has 0 saturated carbocycles. The van der Waals surface area contributed by atoms with Crippen LogP contribution in [0, 0.1) is 0 Å². The van der Waals surface area contributed by atoms with Crippen LogP contribution in [0.2, 0.25) is 0 Å². The molecule has 0 fully saturated rings. The van der Waals surface area contributed by atoms with Crippen LogP contribution in [0.1, 0.15) is 18.9 Å². The minimum atomic E-state index is 0. The Bertz CT molecular complexity index is 402. The van der Waals surface area contributed by atoms with Crippen LogP contribution in [-0.2, 0) is 11.3 Å². The first-order chi connectivity index (χ1) is 9.27. The lowest BCUT2D eigenvalue weighted by Gasteiger charge is -2.08. The van der Waals surface area contributed by atoms with Crippen LogP contribution in [-0.4, -0.2) is 37.8 Å². The van der Waals surface area contributed by atoms with Crippen LogP contribution in [0.25, 0.3) is 0 Å². The highest BCUT2D eigenvalue weighted by atomic mass is 127. The van der Waals surface area contributed by atoms with E-state index in [1.54, 1.807) is 13.3 Å². The average Bonchev–Trinajstić information content (AvgIpc) is 2.44. The van der Waals surface area contributed by atoms with Gasteiger partial charge < -0.3 is 20.5 Å². The van der Waals surface area contributed by atoms with E-state index < -0.39 is 0 Å². The molecule has 0 aliphatic rings. The molecule has 0 bridgehead atoms. The third-order valence-corrected chi connectivity index (χ3v) is 2.32. The van der Waals surface area contributed by atoms with E-state index in [1.807, 2.05) is 12.1 Å². The largest absolute Gasteiger partial charge is 0.477 e. The molecule has 0 saturated heterocycles. The van der Waals surface area contributed by atoms with Crippen molar-refractivity contribution in [3.8, 4) is 5.88 Å². The molecular formula is C13H23IN4O2. The van der Waals surface area contributed by atoms with Gasteiger partial charge in [-0.15, -0.1) is 24.0 Å². The number of rotatable bonds is 8. The lowest BCUT2D eigenvalue weighted by atomic mass is 10.3.